The minimum absolute atomic E-state index is 0.0410. The number of nitrogens with zero attached hydrogens (tertiary/aromatic N) is 1. The smallest absolute Gasteiger partial charge is 0.252 e. The number of nitrogens with one attached hydrogen (secondary N) is 1. The fraction of sp³-hybridized carbons (Fsp3) is 0.286. The summed E-state index contributed by atoms with van der Waals surface area (Å²) in [4.78, 5) is 17.0. The second-order valence-corrected chi connectivity index (χ2v) is 5.32. The first kappa shape index (κ1) is 13.7. The Labute approximate surface area is 116 Å². The Kier molecular flexibility index (Phi) is 5.06. The van der Waals surface area contributed by atoms with E-state index in [0.717, 1.165) is 6.42 Å². The lowest BCUT2D eigenvalue weighted by Crippen LogP contribution is -2.31. The van der Waals surface area contributed by atoms with Crippen molar-refractivity contribution in [1.82, 2.24) is 10.3 Å². The van der Waals surface area contributed by atoms with E-state index in [1.807, 2.05) is 17.5 Å². The fourth-order valence-corrected chi connectivity index (χ4v) is 2.57. The van der Waals surface area contributed by atoms with Gasteiger partial charge in [-0.2, -0.15) is 0 Å². The topological polar surface area (TPSA) is 62.2 Å². The Hall–Kier alpha value is -1.72. The van der Waals surface area contributed by atoms with Gasteiger partial charge in [-0.15, -0.1) is 11.3 Å². The van der Waals surface area contributed by atoms with Crippen LogP contribution in [0, 0.1) is 5.92 Å². The van der Waals surface area contributed by atoms with Gasteiger partial charge in [0.05, 0.1) is 5.56 Å². The molecule has 0 radical (unpaired) electrons. The predicted molar refractivity (Wildman–Crippen MR) is 75.2 cm³/mol. The molecule has 0 saturated heterocycles. The number of pyridine rings is 1. The normalized spacial score (nSPS) is 12.1. The number of aromatic nitrogens is 1. The van der Waals surface area contributed by atoms with Crippen molar-refractivity contribution < 1.29 is 9.90 Å². The molecule has 0 aliphatic rings. The van der Waals surface area contributed by atoms with Crippen molar-refractivity contribution in [3.8, 4) is 0 Å². The molecule has 0 aliphatic heterocycles. The summed E-state index contributed by atoms with van der Waals surface area (Å²) in [6.45, 7) is 0.521. The highest BCUT2D eigenvalue weighted by molar-refractivity contribution is 7.09. The average Bonchev–Trinajstić information content (AvgIpc) is 2.97. The van der Waals surface area contributed by atoms with Crippen molar-refractivity contribution in [3.05, 3.63) is 52.5 Å². The van der Waals surface area contributed by atoms with Crippen molar-refractivity contribution in [2.45, 2.75) is 6.42 Å². The molecule has 19 heavy (non-hydrogen) atoms. The van der Waals surface area contributed by atoms with Gasteiger partial charge in [-0.05, 0) is 30.0 Å². The van der Waals surface area contributed by atoms with Gasteiger partial charge >= 0.3 is 0 Å². The summed E-state index contributed by atoms with van der Waals surface area (Å²) in [5, 5.41) is 14.2. The maximum absolute atomic E-state index is 11.8. The van der Waals surface area contributed by atoms with Crippen LogP contribution in [0.2, 0.25) is 0 Å². The average molecular weight is 276 g/mol. The monoisotopic (exact) mass is 276 g/mol. The summed E-state index contributed by atoms with van der Waals surface area (Å²) >= 11 is 1.66. The number of hydrogen-bond acceptors (Lipinski definition) is 4. The van der Waals surface area contributed by atoms with Crippen LogP contribution < -0.4 is 5.32 Å². The van der Waals surface area contributed by atoms with Gasteiger partial charge in [0.25, 0.3) is 5.91 Å². The molecule has 0 bridgehead atoms. The van der Waals surface area contributed by atoms with Crippen LogP contribution in [0.1, 0.15) is 15.2 Å². The summed E-state index contributed by atoms with van der Waals surface area (Å²) in [7, 11) is 0. The lowest BCUT2D eigenvalue weighted by Gasteiger charge is -2.14. The molecule has 4 nitrogen and oxygen atoms in total. The van der Waals surface area contributed by atoms with Gasteiger partial charge in [0.2, 0.25) is 0 Å². The zero-order valence-electron chi connectivity index (χ0n) is 10.5. The zero-order valence-corrected chi connectivity index (χ0v) is 11.3. The molecule has 1 amide bonds. The lowest BCUT2D eigenvalue weighted by atomic mass is 10.1. The van der Waals surface area contributed by atoms with Crippen LogP contribution >= 0.6 is 11.3 Å². The van der Waals surface area contributed by atoms with Crippen molar-refractivity contribution >= 4 is 17.2 Å². The molecule has 0 aromatic carbocycles. The third kappa shape index (κ3) is 4.15. The minimum Gasteiger partial charge on any atom is -0.396 e. The SMILES string of the molecule is O=C(NC[C@@H](CO)Cc1cccs1)c1cccnc1. The molecule has 2 aromatic heterocycles. The number of aliphatic hydroxyl groups excluding tert-OH is 1. The van der Waals surface area contributed by atoms with Crippen LogP contribution in [0.15, 0.2) is 42.0 Å². The molecule has 0 spiro atoms. The Balaban J connectivity index is 1.84. The highest BCUT2D eigenvalue weighted by Crippen LogP contribution is 2.14. The largest absolute Gasteiger partial charge is 0.396 e. The predicted octanol–water partition coefficient (Wildman–Crippen LogP) is 1.72. The van der Waals surface area contributed by atoms with E-state index in [1.54, 1.807) is 29.7 Å². The number of amides is 1. The first-order valence-corrected chi connectivity index (χ1v) is 6.99. The summed E-state index contributed by atoms with van der Waals surface area (Å²) < 4.78 is 0. The summed E-state index contributed by atoms with van der Waals surface area (Å²) in [6.07, 6.45) is 3.94. The molecule has 2 N–H and O–H groups in total. The van der Waals surface area contributed by atoms with Gasteiger partial charge in [-0.3, -0.25) is 9.78 Å². The van der Waals surface area contributed by atoms with E-state index in [9.17, 15) is 9.90 Å². The Morgan fingerprint density at radius 2 is 2.32 bits per heavy atom. The van der Waals surface area contributed by atoms with E-state index in [-0.39, 0.29) is 18.4 Å². The van der Waals surface area contributed by atoms with Crippen LogP contribution in [-0.2, 0) is 6.42 Å². The zero-order chi connectivity index (χ0) is 13.5. The molecule has 2 heterocycles. The van der Waals surface area contributed by atoms with Gasteiger partial charge in [-0.25, -0.2) is 0 Å². The molecule has 1 atom stereocenters. The minimum atomic E-state index is -0.155. The molecular weight excluding hydrogens is 260 g/mol. The molecule has 0 saturated carbocycles. The maximum Gasteiger partial charge on any atom is 0.252 e. The first-order valence-electron chi connectivity index (χ1n) is 6.11. The van der Waals surface area contributed by atoms with Crippen LogP contribution in [-0.4, -0.2) is 29.1 Å². The molecular formula is C14H16N2O2S. The summed E-state index contributed by atoms with van der Waals surface area (Å²) in [5.41, 5.74) is 0.537. The van der Waals surface area contributed by atoms with Crippen LogP contribution in [0.25, 0.3) is 0 Å². The van der Waals surface area contributed by atoms with Gasteiger partial charge in [0.1, 0.15) is 0 Å². The van der Waals surface area contributed by atoms with E-state index in [0.29, 0.717) is 12.1 Å². The van der Waals surface area contributed by atoms with Crippen molar-refractivity contribution in [2.75, 3.05) is 13.2 Å². The number of rotatable bonds is 6. The quantitative estimate of drug-likeness (QED) is 0.844. The second kappa shape index (κ2) is 7.01. The molecule has 0 fully saturated rings. The number of carbonyl (C=O) groups excluding carboxylic acids is 1. The number of carbonyl (C=O) groups is 1. The Morgan fingerprint density at radius 3 is 2.95 bits per heavy atom. The number of hydrogen-bond donors (Lipinski definition) is 2. The molecule has 2 aromatic rings. The standard InChI is InChI=1S/C14H16N2O2S/c17-10-11(7-13-4-2-6-19-13)8-16-14(18)12-3-1-5-15-9-12/h1-6,9,11,17H,7-8,10H2,(H,16,18)/t11-/m0/s1. The van der Waals surface area contributed by atoms with Crippen LogP contribution in [0.4, 0.5) is 0 Å². The third-order valence-corrected chi connectivity index (χ3v) is 3.70. The van der Waals surface area contributed by atoms with E-state index in [1.165, 1.54) is 11.1 Å². The van der Waals surface area contributed by atoms with E-state index in [2.05, 4.69) is 10.3 Å². The highest BCUT2D eigenvalue weighted by Gasteiger charge is 2.12. The van der Waals surface area contributed by atoms with Crippen molar-refractivity contribution in [3.63, 3.8) is 0 Å². The van der Waals surface area contributed by atoms with Gasteiger partial charge in [0.15, 0.2) is 0 Å². The van der Waals surface area contributed by atoms with Crippen LogP contribution in [0.5, 0.6) is 0 Å². The van der Waals surface area contributed by atoms with Gasteiger partial charge in [-0.1, -0.05) is 6.07 Å². The molecule has 0 unspecified atom stereocenters. The Morgan fingerprint density at radius 1 is 1.42 bits per heavy atom. The molecule has 100 valence electrons. The van der Waals surface area contributed by atoms with E-state index < -0.39 is 0 Å². The number of aliphatic hydroxyl groups is 1. The van der Waals surface area contributed by atoms with Crippen molar-refractivity contribution in [2.24, 2.45) is 5.92 Å². The highest BCUT2D eigenvalue weighted by atomic mass is 32.1. The fourth-order valence-electron chi connectivity index (χ4n) is 1.75. The summed E-state index contributed by atoms with van der Waals surface area (Å²) in [6, 6.07) is 7.47. The molecule has 2 rings (SSSR count). The van der Waals surface area contributed by atoms with E-state index in [4.69, 9.17) is 0 Å². The lowest BCUT2D eigenvalue weighted by molar-refractivity contribution is 0.0939. The number of thiophene rings is 1. The van der Waals surface area contributed by atoms with Crippen molar-refractivity contribution in [1.29, 1.82) is 0 Å². The van der Waals surface area contributed by atoms with Gasteiger partial charge in [0, 0.05) is 36.3 Å². The first-order chi connectivity index (χ1) is 9.29. The molecule has 0 aliphatic carbocycles. The summed E-state index contributed by atoms with van der Waals surface area (Å²) in [5.74, 6) is -0.114. The third-order valence-electron chi connectivity index (χ3n) is 2.80. The molecule has 5 heteroatoms. The van der Waals surface area contributed by atoms with Crippen LogP contribution in [0.3, 0.4) is 0 Å². The second-order valence-electron chi connectivity index (χ2n) is 4.28. The van der Waals surface area contributed by atoms with E-state index >= 15 is 0 Å². The Bertz CT molecular complexity index is 499. The van der Waals surface area contributed by atoms with Gasteiger partial charge < -0.3 is 10.4 Å². The maximum atomic E-state index is 11.8.